The van der Waals surface area contributed by atoms with Crippen molar-refractivity contribution < 1.29 is 8.42 Å². The normalized spacial score (nSPS) is 14.0. The Morgan fingerprint density at radius 1 is 1.43 bits per heavy atom. The Balaban J connectivity index is 3.26. The van der Waals surface area contributed by atoms with Crippen LogP contribution < -0.4 is 0 Å². The molecule has 5 heteroatoms. The summed E-state index contributed by atoms with van der Waals surface area (Å²) in [6, 6.07) is 5.50. The van der Waals surface area contributed by atoms with Gasteiger partial charge in [-0.25, -0.2) is 8.42 Å². The molecule has 1 unspecified atom stereocenters. The van der Waals surface area contributed by atoms with E-state index in [1.54, 1.807) is 13.0 Å². The third kappa shape index (κ3) is 2.72. The van der Waals surface area contributed by atoms with Crippen LogP contribution in [0.3, 0.4) is 0 Å². The molecule has 0 heterocycles. The molecular weight excluding hydrogens is 288 g/mol. The van der Waals surface area contributed by atoms with Gasteiger partial charge in [0.1, 0.15) is 0 Å². The second kappa shape index (κ2) is 4.21. The Kier molecular flexibility index (Phi) is 3.61. The predicted octanol–water partition coefficient (Wildman–Crippen LogP) is 3.39. The molecule has 0 bridgehead atoms. The van der Waals surface area contributed by atoms with Gasteiger partial charge in [-0.1, -0.05) is 22.0 Å². The molecule has 1 rings (SSSR count). The molecule has 14 heavy (non-hydrogen) atoms. The molecule has 0 aliphatic rings. The van der Waals surface area contributed by atoms with E-state index in [-0.39, 0.29) is 0 Å². The average Bonchev–Trinajstić information content (AvgIpc) is 2.06. The maximum atomic E-state index is 11.1. The van der Waals surface area contributed by atoms with Crippen molar-refractivity contribution in [3.05, 3.63) is 33.8 Å². The lowest BCUT2D eigenvalue weighted by Crippen LogP contribution is -2.04. The Morgan fingerprint density at radius 2 is 2.00 bits per heavy atom. The fraction of sp³-hybridized carbons (Fsp3) is 0.333. The summed E-state index contributed by atoms with van der Waals surface area (Å²) in [5.41, 5.74) is 1.65. The maximum absolute atomic E-state index is 11.1. The molecule has 1 aromatic carbocycles. The van der Waals surface area contributed by atoms with Gasteiger partial charge in [-0.3, -0.25) is 0 Å². The topological polar surface area (TPSA) is 34.1 Å². The molecule has 0 N–H and O–H groups in total. The summed E-state index contributed by atoms with van der Waals surface area (Å²) in [7, 11) is 1.76. The minimum atomic E-state index is -3.54. The van der Waals surface area contributed by atoms with Crippen molar-refractivity contribution >= 4 is 35.7 Å². The molecule has 0 aliphatic carbocycles. The van der Waals surface area contributed by atoms with Crippen molar-refractivity contribution in [3.8, 4) is 0 Å². The lowest BCUT2D eigenvalue weighted by molar-refractivity contribution is 0.600. The van der Waals surface area contributed by atoms with E-state index in [0.717, 1.165) is 15.6 Å². The Morgan fingerprint density at radius 3 is 2.50 bits per heavy atom. The fourth-order valence-electron chi connectivity index (χ4n) is 1.20. The highest BCUT2D eigenvalue weighted by Gasteiger charge is 2.21. The van der Waals surface area contributed by atoms with E-state index < -0.39 is 14.3 Å². The van der Waals surface area contributed by atoms with Crippen LogP contribution in [0.2, 0.25) is 0 Å². The quantitative estimate of drug-likeness (QED) is 0.784. The number of benzene rings is 1. The minimum Gasteiger partial charge on any atom is -0.212 e. The first kappa shape index (κ1) is 12.0. The van der Waals surface area contributed by atoms with Gasteiger partial charge in [0, 0.05) is 15.2 Å². The van der Waals surface area contributed by atoms with Gasteiger partial charge in [0.15, 0.2) is 0 Å². The summed E-state index contributed by atoms with van der Waals surface area (Å²) in [5, 5.41) is -0.679. The molecular formula is C9H10BrClO2S. The standard InChI is InChI=1S/C9H10BrClO2S/c1-6-3-4-8(10)5-9(6)7(2)14(11,12)13/h3-5,7H,1-2H3. The number of hydrogen-bond donors (Lipinski definition) is 0. The highest BCUT2D eigenvalue weighted by molar-refractivity contribution is 9.10. The summed E-state index contributed by atoms with van der Waals surface area (Å²) in [5.74, 6) is 0. The van der Waals surface area contributed by atoms with Crippen molar-refractivity contribution in [2.75, 3.05) is 0 Å². The van der Waals surface area contributed by atoms with Crippen LogP contribution in [-0.2, 0) is 9.05 Å². The lowest BCUT2D eigenvalue weighted by atomic mass is 10.1. The molecule has 0 aromatic heterocycles. The number of halogens is 2. The summed E-state index contributed by atoms with van der Waals surface area (Å²) in [4.78, 5) is 0. The van der Waals surface area contributed by atoms with Crippen LogP contribution >= 0.6 is 26.6 Å². The minimum absolute atomic E-state index is 0.679. The highest BCUT2D eigenvalue weighted by Crippen LogP contribution is 2.29. The van der Waals surface area contributed by atoms with Gasteiger partial charge in [0.05, 0.1) is 5.25 Å². The molecule has 0 radical (unpaired) electrons. The first-order valence-electron chi connectivity index (χ1n) is 4.02. The molecule has 0 aliphatic heterocycles. The molecule has 78 valence electrons. The van der Waals surface area contributed by atoms with Gasteiger partial charge in [0.25, 0.3) is 0 Å². The third-order valence-electron chi connectivity index (χ3n) is 2.10. The van der Waals surface area contributed by atoms with Gasteiger partial charge >= 0.3 is 0 Å². The van der Waals surface area contributed by atoms with Crippen LogP contribution in [0.15, 0.2) is 22.7 Å². The van der Waals surface area contributed by atoms with E-state index in [0.29, 0.717) is 0 Å². The Labute approximate surface area is 96.8 Å². The SMILES string of the molecule is Cc1ccc(Br)cc1C(C)S(=O)(=O)Cl. The van der Waals surface area contributed by atoms with Crippen LogP contribution in [0.4, 0.5) is 0 Å². The van der Waals surface area contributed by atoms with Gasteiger partial charge < -0.3 is 0 Å². The first-order valence-corrected chi connectivity index (χ1v) is 7.18. The maximum Gasteiger partial charge on any atom is 0.239 e. The van der Waals surface area contributed by atoms with E-state index in [4.69, 9.17) is 10.7 Å². The molecule has 0 amide bonds. The van der Waals surface area contributed by atoms with Crippen LogP contribution in [0.5, 0.6) is 0 Å². The molecule has 2 nitrogen and oxygen atoms in total. The molecule has 1 atom stereocenters. The van der Waals surface area contributed by atoms with Gasteiger partial charge in [-0.2, -0.15) is 0 Å². The van der Waals surface area contributed by atoms with Gasteiger partial charge in [-0.15, -0.1) is 0 Å². The molecule has 0 spiro atoms. The number of rotatable bonds is 2. The van der Waals surface area contributed by atoms with Crippen LogP contribution in [-0.4, -0.2) is 8.42 Å². The highest BCUT2D eigenvalue weighted by atomic mass is 79.9. The zero-order valence-corrected chi connectivity index (χ0v) is 10.9. The van der Waals surface area contributed by atoms with Crippen molar-refractivity contribution in [2.45, 2.75) is 19.1 Å². The lowest BCUT2D eigenvalue weighted by Gasteiger charge is -2.11. The summed E-state index contributed by atoms with van der Waals surface area (Å²) < 4.78 is 23.1. The molecule has 1 aromatic rings. The van der Waals surface area contributed by atoms with Crippen molar-refractivity contribution in [2.24, 2.45) is 0 Å². The smallest absolute Gasteiger partial charge is 0.212 e. The second-order valence-corrected chi connectivity index (χ2v) is 6.98. The van der Waals surface area contributed by atoms with Crippen LogP contribution in [0, 0.1) is 6.92 Å². The van der Waals surface area contributed by atoms with Crippen molar-refractivity contribution in [3.63, 3.8) is 0 Å². The van der Waals surface area contributed by atoms with Crippen LogP contribution in [0.25, 0.3) is 0 Å². The van der Waals surface area contributed by atoms with Gasteiger partial charge in [0.2, 0.25) is 9.05 Å². The average molecular weight is 298 g/mol. The van der Waals surface area contributed by atoms with Crippen molar-refractivity contribution in [1.29, 1.82) is 0 Å². The van der Waals surface area contributed by atoms with Crippen LogP contribution in [0.1, 0.15) is 23.3 Å². The fourth-order valence-corrected chi connectivity index (χ4v) is 2.42. The zero-order valence-electron chi connectivity index (χ0n) is 7.79. The molecule has 0 saturated carbocycles. The monoisotopic (exact) mass is 296 g/mol. The third-order valence-corrected chi connectivity index (χ3v) is 4.50. The zero-order chi connectivity index (χ0) is 10.9. The second-order valence-electron chi connectivity index (χ2n) is 3.12. The summed E-state index contributed by atoms with van der Waals surface area (Å²) in [6.07, 6.45) is 0. The molecule has 0 fully saturated rings. The number of hydrogen-bond acceptors (Lipinski definition) is 2. The molecule has 0 saturated heterocycles. The van der Waals surface area contributed by atoms with E-state index in [2.05, 4.69) is 15.9 Å². The Hall–Kier alpha value is -0.0600. The van der Waals surface area contributed by atoms with E-state index in [1.165, 1.54) is 0 Å². The predicted molar refractivity (Wildman–Crippen MR) is 62.1 cm³/mol. The number of aryl methyl sites for hydroxylation is 1. The van der Waals surface area contributed by atoms with Crippen molar-refractivity contribution in [1.82, 2.24) is 0 Å². The summed E-state index contributed by atoms with van der Waals surface area (Å²) in [6.45, 7) is 3.44. The largest absolute Gasteiger partial charge is 0.239 e. The van der Waals surface area contributed by atoms with E-state index in [9.17, 15) is 8.42 Å². The Bertz CT molecular complexity index is 442. The van der Waals surface area contributed by atoms with E-state index in [1.807, 2.05) is 19.1 Å². The van der Waals surface area contributed by atoms with E-state index >= 15 is 0 Å². The van der Waals surface area contributed by atoms with Gasteiger partial charge in [-0.05, 0) is 37.1 Å². The summed E-state index contributed by atoms with van der Waals surface area (Å²) >= 11 is 3.29. The first-order chi connectivity index (χ1) is 6.32.